The summed E-state index contributed by atoms with van der Waals surface area (Å²) >= 11 is 1.19. The lowest BCUT2D eigenvalue weighted by molar-refractivity contribution is -0.133. The molecule has 124 valence electrons. The molecule has 0 saturated carbocycles. The van der Waals surface area contributed by atoms with E-state index in [9.17, 15) is 9.59 Å². The second-order valence-corrected chi connectivity index (χ2v) is 6.60. The van der Waals surface area contributed by atoms with E-state index in [2.05, 4.69) is 4.90 Å². The van der Waals surface area contributed by atoms with Gasteiger partial charge in [0.1, 0.15) is 5.76 Å². The minimum absolute atomic E-state index is 0.0126. The van der Waals surface area contributed by atoms with Crippen LogP contribution >= 0.6 is 11.3 Å². The van der Waals surface area contributed by atoms with E-state index in [1.165, 1.54) is 11.3 Å². The SMILES string of the molecule is Cc1csc(=O)n1CCC(=O)N1CCN(Cc2ccco2)CC1. The lowest BCUT2D eigenvalue weighted by Gasteiger charge is -2.34. The Labute approximate surface area is 138 Å². The van der Waals surface area contributed by atoms with E-state index >= 15 is 0 Å². The Morgan fingerprint density at radius 2 is 2.09 bits per heavy atom. The summed E-state index contributed by atoms with van der Waals surface area (Å²) in [5.41, 5.74) is 0.927. The number of amides is 1. The topological polar surface area (TPSA) is 58.7 Å². The highest BCUT2D eigenvalue weighted by Crippen LogP contribution is 2.10. The number of rotatable bonds is 5. The van der Waals surface area contributed by atoms with Crippen molar-refractivity contribution in [3.05, 3.63) is 44.9 Å². The highest BCUT2D eigenvalue weighted by Gasteiger charge is 2.21. The summed E-state index contributed by atoms with van der Waals surface area (Å²) in [4.78, 5) is 28.2. The van der Waals surface area contributed by atoms with Crippen LogP contribution in [0.4, 0.5) is 0 Å². The van der Waals surface area contributed by atoms with Crippen molar-refractivity contribution >= 4 is 17.2 Å². The lowest BCUT2D eigenvalue weighted by atomic mass is 10.2. The van der Waals surface area contributed by atoms with Gasteiger partial charge in [0, 0.05) is 50.2 Å². The molecule has 0 bridgehead atoms. The summed E-state index contributed by atoms with van der Waals surface area (Å²) in [6.07, 6.45) is 2.07. The smallest absolute Gasteiger partial charge is 0.307 e. The first-order valence-corrected chi connectivity index (χ1v) is 8.69. The van der Waals surface area contributed by atoms with Crippen molar-refractivity contribution in [3.8, 4) is 0 Å². The fourth-order valence-electron chi connectivity index (χ4n) is 2.82. The lowest BCUT2D eigenvalue weighted by Crippen LogP contribution is -2.48. The van der Waals surface area contributed by atoms with Gasteiger partial charge in [-0.25, -0.2) is 0 Å². The fraction of sp³-hybridized carbons (Fsp3) is 0.500. The summed E-state index contributed by atoms with van der Waals surface area (Å²) in [5.74, 6) is 1.08. The van der Waals surface area contributed by atoms with Crippen LogP contribution in [0.5, 0.6) is 0 Å². The van der Waals surface area contributed by atoms with Gasteiger partial charge in [0.05, 0.1) is 12.8 Å². The Kier molecular flexibility index (Phi) is 4.97. The molecule has 1 saturated heterocycles. The molecule has 3 heterocycles. The van der Waals surface area contributed by atoms with E-state index in [4.69, 9.17) is 4.42 Å². The van der Waals surface area contributed by atoms with Gasteiger partial charge >= 0.3 is 4.87 Å². The average Bonchev–Trinajstić information content (AvgIpc) is 3.17. The van der Waals surface area contributed by atoms with Crippen LogP contribution in [0.1, 0.15) is 17.9 Å². The van der Waals surface area contributed by atoms with E-state index in [0.717, 1.165) is 44.2 Å². The first-order chi connectivity index (χ1) is 11.1. The van der Waals surface area contributed by atoms with Crippen LogP contribution in [-0.2, 0) is 17.9 Å². The normalized spacial score (nSPS) is 16.0. The maximum absolute atomic E-state index is 12.3. The van der Waals surface area contributed by atoms with Gasteiger partial charge in [0.25, 0.3) is 0 Å². The van der Waals surface area contributed by atoms with E-state index in [-0.39, 0.29) is 10.8 Å². The Bertz CT molecular complexity index is 696. The van der Waals surface area contributed by atoms with E-state index in [1.54, 1.807) is 10.8 Å². The Hall–Kier alpha value is -1.86. The molecule has 1 aliphatic heterocycles. The Morgan fingerprint density at radius 1 is 1.30 bits per heavy atom. The molecule has 0 atom stereocenters. The van der Waals surface area contributed by atoms with Gasteiger partial charge in [-0.3, -0.25) is 14.5 Å². The Balaban J connectivity index is 1.46. The molecule has 0 N–H and O–H groups in total. The van der Waals surface area contributed by atoms with Gasteiger partial charge < -0.3 is 13.9 Å². The van der Waals surface area contributed by atoms with Crippen molar-refractivity contribution in [3.63, 3.8) is 0 Å². The van der Waals surface area contributed by atoms with Gasteiger partial charge in [-0.2, -0.15) is 0 Å². The van der Waals surface area contributed by atoms with Crippen LogP contribution in [0.3, 0.4) is 0 Å². The highest BCUT2D eigenvalue weighted by atomic mass is 32.1. The Morgan fingerprint density at radius 3 is 2.70 bits per heavy atom. The highest BCUT2D eigenvalue weighted by molar-refractivity contribution is 7.07. The molecule has 23 heavy (non-hydrogen) atoms. The second kappa shape index (κ2) is 7.14. The number of furan rings is 1. The predicted octanol–water partition coefficient (Wildman–Crippen LogP) is 1.55. The number of piperazine rings is 1. The standard InChI is InChI=1S/C16H21N3O3S/c1-13-12-23-16(21)19(13)5-4-15(20)18-8-6-17(7-9-18)11-14-3-2-10-22-14/h2-3,10,12H,4-9,11H2,1H3. The number of aryl methyl sites for hydroxylation is 1. The molecule has 6 nitrogen and oxygen atoms in total. The molecule has 0 spiro atoms. The van der Waals surface area contributed by atoms with Gasteiger partial charge in [-0.1, -0.05) is 11.3 Å². The quantitative estimate of drug-likeness (QED) is 0.832. The molecular formula is C16H21N3O3S. The molecule has 1 amide bonds. The average molecular weight is 335 g/mol. The number of carbonyl (C=O) groups is 1. The second-order valence-electron chi connectivity index (χ2n) is 5.78. The van der Waals surface area contributed by atoms with Gasteiger partial charge in [0.2, 0.25) is 5.91 Å². The minimum Gasteiger partial charge on any atom is -0.468 e. The van der Waals surface area contributed by atoms with Crippen molar-refractivity contribution in [2.75, 3.05) is 26.2 Å². The molecular weight excluding hydrogens is 314 g/mol. The molecule has 2 aromatic rings. The largest absolute Gasteiger partial charge is 0.468 e. The van der Waals surface area contributed by atoms with E-state index in [0.29, 0.717) is 13.0 Å². The number of thiazole rings is 1. The predicted molar refractivity (Wildman–Crippen MR) is 88.5 cm³/mol. The zero-order valence-electron chi connectivity index (χ0n) is 13.2. The molecule has 0 radical (unpaired) electrons. The molecule has 3 rings (SSSR count). The summed E-state index contributed by atoms with van der Waals surface area (Å²) in [5, 5.41) is 1.83. The van der Waals surface area contributed by atoms with Crippen molar-refractivity contribution in [2.45, 2.75) is 26.4 Å². The van der Waals surface area contributed by atoms with Crippen LogP contribution in [0.2, 0.25) is 0 Å². The van der Waals surface area contributed by atoms with Gasteiger partial charge in [-0.15, -0.1) is 0 Å². The fourth-order valence-corrected chi connectivity index (χ4v) is 3.58. The third-order valence-corrected chi connectivity index (χ3v) is 5.09. The van der Waals surface area contributed by atoms with E-state index in [1.807, 2.05) is 29.3 Å². The third kappa shape index (κ3) is 3.92. The zero-order chi connectivity index (χ0) is 16.2. The number of nitrogens with zero attached hydrogens (tertiary/aromatic N) is 3. The van der Waals surface area contributed by atoms with Crippen LogP contribution in [0.25, 0.3) is 0 Å². The summed E-state index contributed by atoms with van der Waals surface area (Å²) in [6, 6.07) is 3.86. The molecule has 0 aliphatic carbocycles. The van der Waals surface area contributed by atoms with Crippen LogP contribution in [0, 0.1) is 6.92 Å². The number of hydrogen-bond donors (Lipinski definition) is 0. The number of aromatic nitrogens is 1. The number of hydrogen-bond acceptors (Lipinski definition) is 5. The van der Waals surface area contributed by atoms with Crippen molar-refractivity contribution < 1.29 is 9.21 Å². The molecule has 7 heteroatoms. The molecule has 2 aromatic heterocycles. The molecule has 1 aliphatic rings. The van der Waals surface area contributed by atoms with Crippen molar-refractivity contribution in [1.29, 1.82) is 0 Å². The maximum atomic E-state index is 12.3. The first-order valence-electron chi connectivity index (χ1n) is 7.81. The van der Waals surface area contributed by atoms with Crippen LogP contribution in [-0.4, -0.2) is 46.5 Å². The van der Waals surface area contributed by atoms with Gasteiger partial charge in [-0.05, 0) is 19.1 Å². The zero-order valence-corrected chi connectivity index (χ0v) is 14.1. The monoisotopic (exact) mass is 335 g/mol. The molecule has 1 fully saturated rings. The maximum Gasteiger partial charge on any atom is 0.307 e. The summed E-state index contributed by atoms with van der Waals surface area (Å²) < 4.78 is 7.04. The summed E-state index contributed by atoms with van der Waals surface area (Å²) in [6.45, 7) is 6.33. The van der Waals surface area contributed by atoms with Crippen molar-refractivity contribution in [2.24, 2.45) is 0 Å². The minimum atomic E-state index is 0.0126. The summed E-state index contributed by atoms with van der Waals surface area (Å²) in [7, 11) is 0. The van der Waals surface area contributed by atoms with Crippen molar-refractivity contribution in [1.82, 2.24) is 14.4 Å². The van der Waals surface area contributed by atoms with Crippen LogP contribution in [0.15, 0.2) is 33.0 Å². The molecule has 0 unspecified atom stereocenters. The van der Waals surface area contributed by atoms with E-state index < -0.39 is 0 Å². The van der Waals surface area contributed by atoms with Gasteiger partial charge in [0.15, 0.2) is 0 Å². The first kappa shape index (κ1) is 16.0. The molecule has 0 aromatic carbocycles. The van der Waals surface area contributed by atoms with Crippen LogP contribution < -0.4 is 4.87 Å². The number of carbonyl (C=O) groups excluding carboxylic acids is 1. The third-order valence-electron chi connectivity index (χ3n) is 4.21.